The molecule has 0 spiro atoms. The van der Waals surface area contributed by atoms with Gasteiger partial charge < -0.3 is 15.2 Å². The summed E-state index contributed by atoms with van der Waals surface area (Å²) >= 11 is 0. The average Bonchev–Trinajstić information content (AvgIpc) is 2.64. The Hall–Kier alpha value is -1.06. The Kier molecular flexibility index (Phi) is 2.81. The van der Waals surface area contributed by atoms with Crippen molar-refractivity contribution in [3.8, 4) is 5.75 Å². The number of fused-ring (bicyclic) bond motifs is 1. The fourth-order valence-corrected chi connectivity index (χ4v) is 2.62. The van der Waals surface area contributed by atoms with Crippen LogP contribution in [0.4, 0.5) is 0 Å². The lowest BCUT2D eigenvalue weighted by molar-refractivity contribution is 0.0581. The van der Waals surface area contributed by atoms with Crippen molar-refractivity contribution in [1.29, 1.82) is 0 Å². The van der Waals surface area contributed by atoms with Crippen LogP contribution in [0.3, 0.4) is 0 Å². The summed E-state index contributed by atoms with van der Waals surface area (Å²) in [6, 6.07) is 6.86. The summed E-state index contributed by atoms with van der Waals surface area (Å²) in [6.45, 7) is 2.99. The summed E-state index contributed by atoms with van der Waals surface area (Å²) in [7, 11) is 0. The topological polar surface area (TPSA) is 41.5 Å². The number of ether oxygens (including phenoxy) is 1. The predicted molar refractivity (Wildman–Crippen MR) is 66.3 cm³/mol. The number of hydrogen-bond acceptors (Lipinski definition) is 3. The fraction of sp³-hybridized carbons (Fsp3) is 0.571. The lowest BCUT2D eigenvalue weighted by Gasteiger charge is -2.32. The monoisotopic (exact) mass is 233 g/mol. The smallest absolute Gasteiger partial charge is 0.123 e. The van der Waals surface area contributed by atoms with Crippen molar-refractivity contribution in [1.82, 2.24) is 5.32 Å². The SMILES string of the molecule is Cc1ccc2c(c1)CC(CNC1CC(O)C1)O2. The molecule has 1 fully saturated rings. The highest BCUT2D eigenvalue weighted by molar-refractivity contribution is 5.40. The molecular formula is C14H19NO2. The summed E-state index contributed by atoms with van der Waals surface area (Å²) in [4.78, 5) is 0. The van der Waals surface area contributed by atoms with Gasteiger partial charge in [0.05, 0.1) is 6.10 Å². The van der Waals surface area contributed by atoms with E-state index < -0.39 is 0 Å². The summed E-state index contributed by atoms with van der Waals surface area (Å²) in [5.41, 5.74) is 2.62. The Morgan fingerprint density at radius 1 is 1.41 bits per heavy atom. The van der Waals surface area contributed by atoms with Gasteiger partial charge in [0.15, 0.2) is 0 Å². The zero-order valence-corrected chi connectivity index (χ0v) is 10.1. The first-order valence-corrected chi connectivity index (χ1v) is 6.38. The lowest BCUT2D eigenvalue weighted by Crippen LogP contribution is -2.47. The zero-order valence-electron chi connectivity index (χ0n) is 10.1. The minimum absolute atomic E-state index is 0.0863. The maximum absolute atomic E-state index is 9.21. The molecule has 0 bridgehead atoms. The van der Waals surface area contributed by atoms with Gasteiger partial charge >= 0.3 is 0 Å². The molecule has 3 heteroatoms. The standard InChI is InChI=1S/C14H19NO2/c1-9-2-3-14-10(4-9)5-13(17-14)8-15-11-6-12(16)7-11/h2-4,11-13,15-16H,5-8H2,1H3. The third-order valence-corrected chi connectivity index (χ3v) is 3.70. The van der Waals surface area contributed by atoms with Crippen LogP contribution in [0, 0.1) is 6.92 Å². The van der Waals surface area contributed by atoms with E-state index in [1.165, 1.54) is 11.1 Å². The molecule has 1 atom stereocenters. The average molecular weight is 233 g/mol. The Labute approximate surface area is 102 Å². The molecule has 1 aliphatic carbocycles. The molecule has 1 unspecified atom stereocenters. The van der Waals surface area contributed by atoms with Crippen molar-refractivity contribution >= 4 is 0 Å². The van der Waals surface area contributed by atoms with E-state index in [1.54, 1.807) is 0 Å². The molecule has 0 aromatic heterocycles. The molecule has 1 aromatic rings. The molecule has 3 rings (SSSR count). The summed E-state index contributed by atoms with van der Waals surface area (Å²) < 4.78 is 5.88. The van der Waals surface area contributed by atoms with E-state index in [2.05, 4.69) is 30.4 Å². The predicted octanol–water partition coefficient (Wildman–Crippen LogP) is 1.41. The van der Waals surface area contributed by atoms with Gasteiger partial charge in [-0.2, -0.15) is 0 Å². The summed E-state index contributed by atoms with van der Waals surface area (Å²) in [5.74, 6) is 1.04. The van der Waals surface area contributed by atoms with Gasteiger partial charge in [0.25, 0.3) is 0 Å². The Morgan fingerprint density at radius 3 is 3.00 bits per heavy atom. The number of nitrogens with one attached hydrogen (secondary N) is 1. The Bertz CT molecular complexity index is 413. The fourth-order valence-electron chi connectivity index (χ4n) is 2.62. The number of hydrogen-bond donors (Lipinski definition) is 2. The van der Waals surface area contributed by atoms with Crippen LogP contribution in [-0.2, 0) is 6.42 Å². The van der Waals surface area contributed by atoms with Crippen molar-refractivity contribution in [3.63, 3.8) is 0 Å². The summed E-state index contributed by atoms with van der Waals surface area (Å²) in [5, 5.41) is 12.7. The van der Waals surface area contributed by atoms with Crippen LogP contribution in [0.5, 0.6) is 5.75 Å². The summed E-state index contributed by atoms with van der Waals surface area (Å²) in [6.07, 6.45) is 2.94. The van der Waals surface area contributed by atoms with E-state index in [1.807, 2.05) is 0 Å². The molecule has 0 amide bonds. The molecule has 92 valence electrons. The molecular weight excluding hydrogens is 214 g/mol. The van der Waals surface area contributed by atoms with Crippen LogP contribution in [0.25, 0.3) is 0 Å². The maximum Gasteiger partial charge on any atom is 0.123 e. The van der Waals surface area contributed by atoms with Gasteiger partial charge in [0.1, 0.15) is 11.9 Å². The second-order valence-corrected chi connectivity index (χ2v) is 5.29. The molecule has 1 heterocycles. The van der Waals surface area contributed by atoms with Crippen LogP contribution in [-0.4, -0.2) is 29.9 Å². The van der Waals surface area contributed by atoms with E-state index >= 15 is 0 Å². The minimum Gasteiger partial charge on any atom is -0.488 e. The van der Waals surface area contributed by atoms with Crippen LogP contribution < -0.4 is 10.1 Å². The highest BCUT2D eigenvalue weighted by Crippen LogP contribution is 2.29. The highest BCUT2D eigenvalue weighted by Gasteiger charge is 2.29. The third kappa shape index (κ3) is 2.31. The van der Waals surface area contributed by atoms with Crippen LogP contribution in [0.1, 0.15) is 24.0 Å². The Morgan fingerprint density at radius 2 is 2.24 bits per heavy atom. The van der Waals surface area contributed by atoms with Gasteiger partial charge in [-0.25, -0.2) is 0 Å². The normalized spacial score (nSPS) is 30.6. The zero-order chi connectivity index (χ0) is 11.8. The van der Waals surface area contributed by atoms with E-state index in [4.69, 9.17) is 4.74 Å². The minimum atomic E-state index is -0.0863. The molecule has 0 radical (unpaired) electrons. The molecule has 2 N–H and O–H groups in total. The number of benzene rings is 1. The van der Waals surface area contributed by atoms with Gasteiger partial charge in [0.2, 0.25) is 0 Å². The first-order valence-electron chi connectivity index (χ1n) is 6.38. The van der Waals surface area contributed by atoms with Gasteiger partial charge in [-0.05, 0) is 31.4 Å². The quantitative estimate of drug-likeness (QED) is 0.829. The molecule has 1 aliphatic heterocycles. The second kappa shape index (κ2) is 4.31. The van der Waals surface area contributed by atoms with Crippen molar-refractivity contribution in [3.05, 3.63) is 29.3 Å². The van der Waals surface area contributed by atoms with Crippen molar-refractivity contribution in [2.24, 2.45) is 0 Å². The van der Waals surface area contributed by atoms with Crippen LogP contribution in [0.15, 0.2) is 18.2 Å². The maximum atomic E-state index is 9.21. The molecule has 0 saturated heterocycles. The molecule has 2 aliphatic rings. The lowest BCUT2D eigenvalue weighted by atomic mass is 9.89. The van der Waals surface area contributed by atoms with Crippen LogP contribution >= 0.6 is 0 Å². The number of aliphatic hydroxyl groups excluding tert-OH is 1. The first-order chi connectivity index (χ1) is 8.20. The Balaban J connectivity index is 1.52. The van der Waals surface area contributed by atoms with E-state index in [0.717, 1.165) is 31.6 Å². The van der Waals surface area contributed by atoms with Crippen molar-refractivity contribution in [2.75, 3.05) is 6.54 Å². The van der Waals surface area contributed by atoms with Gasteiger partial charge in [-0.15, -0.1) is 0 Å². The number of aliphatic hydroxyl groups is 1. The van der Waals surface area contributed by atoms with Gasteiger partial charge in [-0.1, -0.05) is 17.7 Å². The number of aryl methyl sites for hydroxylation is 1. The van der Waals surface area contributed by atoms with E-state index in [-0.39, 0.29) is 12.2 Å². The van der Waals surface area contributed by atoms with E-state index in [9.17, 15) is 5.11 Å². The largest absolute Gasteiger partial charge is 0.488 e. The first kappa shape index (κ1) is 11.1. The molecule has 1 saturated carbocycles. The number of rotatable bonds is 3. The van der Waals surface area contributed by atoms with Crippen molar-refractivity contribution in [2.45, 2.75) is 44.4 Å². The molecule has 17 heavy (non-hydrogen) atoms. The molecule has 3 nitrogen and oxygen atoms in total. The molecule has 1 aromatic carbocycles. The van der Waals surface area contributed by atoms with E-state index in [0.29, 0.717) is 6.04 Å². The van der Waals surface area contributed by atoms with Crippen molar-refractivity contribution < 1.29 is 9.84 Å². The second-order valence-electron chi connectivity index (χ2n) is 5.29. The third-order valence-electron chi connectivity index (χ3n) is 3.70. The van der Waals surface area contributed by atoms with Gasteiger partial charge in [-0.3, -0.25) is 0 Å². The highest BCUT2D eigenvalue weighted by atomic mass is 16.5. The van der Waals surface area contributed by atoms with Crippen LogP contribution in [0.2, 0.25) is 0 Å². The van der Waals surface area contributed by atoms with Gasteiger partial charge in [0, 0.05) is 19.0 Å².